The van der Waals surface area contributed by atoms with Crippen LogP contribution in [0, 0.1) is 17.0 Å². The molecule has 1 unspecified atom stereocenters. The zero-order chi connectivity index (χ0) is 24.4. The van der Waals surface area contributed by atoms with Gasteiger partial charge >= 0.3 is 5.91 Å². The number of nitro benzene ring substituents is 1. The Bertz CT molecular complexity index is 1280. The molecule has 0 bridgehead atoms. The van der Waals surface area contributed by atoms with Gasteiger partial charge < -0.3 is 14.4 Å². The van der Waals surface area contributed by atoms with Crippen molar-refractivity contribution in [2.24, 2.45) is 0 Å². The van der Waals surface area contributed by atoms with E-state index in [9.17, 15) is 24.8 Å². The molecule has 0 saturated carbocycles. The lowest BCUT2D eigenvalue weighted by molar-refractivity contribution is -0.384. The van der Waals surface area contributed by atoms with E-state index in [1.54, 1.807) is 31.2 Å². The molecule has 2 heterocycles. The maximum absolute atomic E-state index is 13.1. The van der Waals surface area contributed by atoms with Crippen molar-refractivity contribution in [2.45, 2.75) is 26.3 Å². The maximum atomic E-state index is 13.1. The first-order chi connectivity index (χ1) is 16.3. The monoisotopic (exact) mass is 463 g/mol. The molecule has 2 aromatic carbocycles. The number of ketones is 1. The van der Waals surface area contributed by atoms with Crippen LogP contribution >= 0.6 is 0 Å². The highest BCUT2D eigenvalue weighted by Gasteiger charge is 2.48. The van der Waals surface area contributed by atoms with Gasteiger partial charge in [-0.2, -0.15) is 0 Å². The van der Waals surface area contributed by atoms with Crippen LogP contribution in [-0.4, -0.2) is 33.5 Å². The Balaban J connectivity index is 1.84. The highest BCUT2D eigenvalue weighted by Crippen LogP contribution is 2.42. The van der Waals surface area contributed by atoms with E-state index in [0.29, 0.717) is 29.2 Å². The lowest BCUT2D eigenvalue weighted by Gasteiger charge is -2.22. The number of aryl methyl sites for hydroxylation is 1. The molecule has 1 saturated heterocycles. The Morgan fingerprint density at radius 1 is 1.18 bits per heavy atom. The summed E-state index contributed by atoms with van der Waals surface area (Å²) < 4.78 is 10.6. The first-order valence-electron chi connectivity index (χ1n) is 10.5. The van der Waals surface area contributed by atoms with Crippen molar-refractivity contribution in [3.05, 3.63) is 87.2 Å². The lowest BCUT2D eigenvalue weighted by atomic mass is 9.95. The number of nitrogens with zero attached hydrogens (tertiary/aromatic N) is 3. The van der Waals surface area contributed by atoms with Crippen molar-refractivity contribution in [3.8, 4) is 5.75 Å². The molecule has 34 heavy (non-hydrogen) atoms. The summed E-state index contributed by atoms with van der Waals surface area (Å²) in [5, 5.41) is 26.0. The standard InChI is InChI=1S/C24H21N3O7/c1-3-12-33-18-10-6-16(7-11-18)22(28)20-21(15-4-8-17(9-5-15)27(31)32)26(24(30)23(20)29)19-13-14(2)34-25-19/h4-11,13,21,28H,3,12H2,1-2H3. The van der Waals surface area contributed by atoms with E-state index >= 15 is 0 Å². The summed E-state index contributed by atoms with van der Waals surface area (Å²) in [6, 6.07) is 12.3. The number of aromatic nitrogens is 1. The summed E-state index contributed by atoms with van der Waals surface area (Å²) in [6.07, 6.45) is 0.835. The smallest absolute Gasteiger partial charge is 0.301 e. The molecule has 10 heteroatoms. The SMILES string of the molecule is CCCOc1ccc(C(O)=C2C(=O)C(=O)N(c3cc(C)on3)C2c2ccc([N+](=O)[O-])cc2)cc1. The number of amides is 1. The number of ether oxygens (including phenoxy) is 1. The summed E-state index contributed by atoms with van der Waals surface area (Å²) in [7, 11) is 0. The van der Waals surface area contributed by atoms with Gasteiger partial charge in [0.15, 0.2) is 5.82 Å². The fourth-order valence-electron chi connectivity index (χ4n) is 3.71. The lowest BCUT2D eigenvalue weighted by Crippen LogP contribution is -2.29. The van der Waals surface area contributed by atoms with E-state index in [0.717, 1.165) is 11.3 Å². The van der Waals surface area contributed by atoms with Crippen LogP contribution in [-0.2, 0) is 9.59 Å². The van der Waals surface area contributed by atoms with E-state index in [1.165, 1.54) is 30.3 Å². The second kappa shape index (κ2) is 9.18. The average molecular weight is 463 g/mol. The first kappa shape index (κ1) is 22.7. The quantitative estimate of drug-likeness (QED) is 0.180. The predicted molar refractivity (Wildman–Crippen MR) is 121 cm³/mol. The van der Waals surface area contributed by atoms with Gasteiger partial charge in [0.25, 0.3) is 11.5 Å². The highest BCUT2D eigenvalue weighted by molar-refractivity contribution is 6.51. The molecule has 10 nitrogen and oxygen atoms in total. The molecule has 3 aromatic rings. The van der Waals surface area contributed by atoms with Gasteiger partial charge in [-0.25, -0.2) is 0 Å². The summed E-state index contributed by atoms with van der Waals surface area (Å²) in [6.45, 7) is 4.15. The van der Waals surface area contributed by atoms with Gasteiger partial charge in [0, 0.05) is 23.8 Å². The number of Topliss-reactive ketones (excluding diaryl/α,β-unsaturated/α-hetero) is 1. The molecule has 0 radical (unpaired) electrons. The van der Waals surface area contributed by atoms with Gasteiger partial charge in [-0.3, -0.25) is 24.6 Å². The van der Waals surface area contributed by atoms with Crippen molar-refractivity contribution in [1.82, 2.24) is 5.16 Å². The Kier molecular flexibility index (Phi) is 6.13. The van der Waals surface area contributed by atoms with Crippen LogP contribution in [0.3, 0.4) is 0 Å². The summed E-state index contributed by atoms with van der Waals surface area (Å²) in [5.41, 5.74) is 0.377. The number of hydrogen-bond donors (Lipinski definition) is 1. The van der Waals surface area contributed by atoms with Gasteiger partial charge in [0.05, 0.1) is 23.1 Å². The molecule has 1 aromatic heterocycles. The van der Waals surface area contributed by atoms with Crippen molar-refractivity contribution in [2.75, 3.05) is 11.5 Å². The van der Waals surface area contributed by atoms with Crippen LogP contribution in [0.1, 0.15) is 36.3 Å². The molecule has 1 atom stereocenters. The predicted octanol–water partition coefficient (Wildman–Crippen LogP) is 4.31. The molecule has 4 rings (SSSR count). The maximum Gasteiger partial charge on any atom is 0.301 e. The number of carbonyl (C=O) groups is 2. The Hall–Kier alpha value is -4.47. The minimum absolute atomic E-state index is 0.0883. The number of carbonyl (C=O) groups excluding carboxylic acids is 2. The van der Waals surface area contributed by atoms with Crippen LogP contribution in [0.4, 0.5) is 11.5 Å². The second-order valence-electron chi connectivity index (χ2n) is 7.69. The van der Waals surface area contributed by atoms with Crippen LogP contribution in [0.2, 0.25) is 0 Å². The number of hydrogen-bond acceptors (Lipinski definition) is 8. The minimum atomic E-state index is -1.07. The summed E-state index contributed by atoms with van der Waals surface area (Å²) in [5.74, 6) is -1.09. The average Bonchev–Trinajstić information content (AvgIpc) is 3.38. The highest BCUT2D eigenvalue weighted by atomic mass is 16.6. The second-order valence-corrected chi connectivity index (χ2v) is 7.69. The number of rotatable bonds is 7. The minimum Gasteiger partial charge on any atom is -0.507 e. The van der Waals surface area contributed by atoms with Crippen LogP contribution < -0.4 is 9.64 Å². The Labute approximate surface area is 194 Å². The molecular formula is C24H21N3O7. The molecule has 1 N–H and O–H groups in total. The number of anilines is 1. The normalized spacial score (nSPS) is 17.2. The van der Waals surface area contributed by atoms with Crippen molar-refractivity contribution < 1.29 is 28.9 Å². The molecule has 0 spiro atoms. The zero-order valence-electron chi connectivity index (χ0n) is 18.4. The third kappa shape index (κ3) is 4.13. The van der Waals surface area contributed by atoms with Gasteiger partial charge in [-0.05, 0) is 55.3 Å². The van der Waals surface area contributed by atoms with Crippen LogP contribution in [0.15, 0.2) is 64.7 Å². The van der Waals surface area contributed by atoms with E-state index < -0.39 is 22.7 Å². The largest absolute Gasteiger partial charge is 0.507 e. The van der Waals surface area contributed by atoms with E-state index in [4.69, 9.17) is 9.26 Å². The van der Waals surface area contributed by atoms with Crippen molar-refractivity contribution in [3.63, 3.8) is 0 Å². The van der Waals surface area contributed by atoms with Gasteiger partial charge in [0.2, 0.25) is 0 Å². The fourth-order valence-corrected chi connectivity index (χ4v) is 3.71. The molecule has 174 valence electrons. The molecule has 1 amide bonds. The van der Waals surface area contributed by atoms with Crippen LogP contribution in [0.5, 0.6) is 5.75 Å². The van der Waals surface area contributed by atoms with E-state index in [1.807, 2.05) is 6.92 Å². The fraction of sp³-hybridized carbons (Fsp3) is 0.208. The zero-order valence-corrected chi connectivity index (χ0v) is 18.4. The first-order valence-corrected chi connectivity index (χ1v) is 10.5. The van der Waals surface area contributed by atoms with Gasteiger partial charge in [-0.15, -0.1) is 0 Å². The number of non-ortho nitro benzene ring substituents is 1. The van der Waals surface area contributed by atoms with Crippen molar-refractivity contribution in [1.29, 1.82) is 0 Å². The summed E-state index contributed by atoms with van der Waals surface area (Å²) in [4.78, 5) is 37.7. The number of benzene rings is 2. The van der Waals surface area contributed by atoms with E-state index in [2.05, 4.69) is 5.16 Å². The van der Waals surface area contributed by atoms with Gasteiger partial charge in [-0.1, -0.05) is 12.1 Å². The molecule has 1 aliphatic heterocycles. The third-order valence-corrected chi connectivity index (χ3v) is 5.33. The molecule has 1 fully saturated rings. The topological polar surface area (TPSA) is 136 Å². The number of aliphatic hydroxyl groups is 1. The molecule has 0 aliphatic carbocycles. The van der Waals surface area contributed by atoms with Crippen LogP contribution in [0.25, 0.3) is 5.76 Å². The molecule has 1 aliphatic rings. The van der Waals surface area contributed by atoms with Crippen molar-refractivity contribution >= 4 is 29.0 Å². The van der Waals surface area contributed by atoms with Gasteiger partial charge in [0.1, 0.15) is 17.3 Å². The number of aliphatic hydroxyl groups excluding tert-OH is 1. The Morgan fingerprint density at radius 2 is 1.85 bits per heavy atom. The molecular weight excluding hydrogens is 442 g/mol. The third-order valence-electron chi connectivity index (χ3n) is 5.33. The summed E-state index contributed by atoms with van der Waals surface area (Å²) >= 11 is 0. The Morgan fingerprint density at radius 3 is 2.41 bits per heavy atom. The number of nitro groups is 1. The van der Waals surface area contributed by atoms with E-state index in [-0.39, 0.29) is 22.8 Å².